The minimum absolute atomic E-state index is 0.106. The average Bonchev–Trinajstić information content (AvgIpc) is 1.11. The molecule has 4 unspecified atom stereocenters. The maximum absolute atomic E-state index is 13.1. The number of rotatable bonds is 76. The third-order valence-corrected chi connectivity index (χ3v) is 20.6. The van der Waals surface area contributed by atoms with Gasteiger partial charge in [-0.05, 0) is 49.4 Å². The maximum atomic E-state index is 13.1. The monoisotopic (exact) mass is 1440 g/mol. The highest BCUT2D eigenvalue weighted by Crippen LogP contribution is 2.45. The van der Waals surface area contributed by atoms with E-state index in [0.29, 0.717) is 31.6 Å². The first-order valence-electron chi connectivity index (χ1n) is 40.7. The van der Waals surface area contributed by atoms with Crippen molar-refractivity contribution in [1.82, 2.24) is 0 Å². The molecule has 6 atom stereocenters. The molecule has 0 saturated heterocycles. The molecule has 19 heteroatoms. The molecule has 0 aromatic heterocycles. The lowest BCUT2D eigenvalue weighted by Crippen LogP contribution is -2.30. The van der Waals surface area contributed by atoms with Crippen LogP contribution in [0, 0.1) is 23.7 Å². The molecule has 0 bridgehead atoms. The number of ether oxygens (including phenoxy) is 4. The zero-order valence-corrected chi connectivity index (χ0v) is 66.2. The number of phosphoric acid groups is 2. The predicted octanol–water partition coefficient (Wildman–Crippen LogP) is 23.2. The summed E-state index contributed by atoms with van der Waals surface area (Å²) >= 11 is 0. The number of phosphoric ester groups is 2. The van der Waals surface area contributed by atoms with Crippen LogP contribution in [0.4, 0.5) is 0 Å². The number of aliphatic hydroxyl groups is 1. The number of carbonyl (C=O) groups excluding carboxylic acids is 4. The third-order valence-electron chi connectivity index (χ3n) is 18.7. The topological polar surface area (TPSA) is 237 Å². The molecule has 3 N–H and O–H groups in total. The fourth-order valence-corrected chi connectivity index (χ4v) is 13.6. The molecular formula is C79H154O17P2. The molecule has 17 nitrogen and oxygen atoms in total. The third kappa shape index (κ3) is 71.1. The molecule has 0 saturated carbocycles. The van der Waals surface area contributed by atoms with Gasteiger partial charge in [0.05, 0.1) is 26.4 Å². The van der Waals surface area contributed by atoms with Crippen LogP contribution in [-0.4, -0.2) is 96.7 Å². The van der Waals surface area contributed by atoms with Crippen LogP contribution in [0.1, 0.15) is 402 Å². The Bertz CT molecular complexity index is 1920. The van der Waals surface area contributed by atoms with Gasteiger partial charge in [-0.2, -0.15) is 0 Å². The van der Waals surface area contributed by atoms with Crippen LogP contribution < -0.4 is 0 Å². The molecule has 0 amide bonds. The van der Waals surface area contributed by atoms with Gasteiger partial charge >= 0.3 is 39.5 Å². The molecule has 0 rings (SSSR count). The van der Waals surface area contributed by atoms with Crippen molar-refractivity contribution in [2.75, 3.05) is 39.6 Å². The van der Waals surface area contributed by atoms with Gasteiger partial charge < -0.3 is 33.8 Å². The van der Waals surface area contributed by atoms with E-state index >= 15 is 0 Å². The predicted molar refractivity (Wildman–Crippen MR) is 400 cm³/mol. The Labute approximate surface area is 600 Å². The fourth-order valence-electron chi connectivity index (χ4n) is 12.0. The maximum Gasteiger partial charge on any atom is 0.472 e. The molecule has 0 aromatic rings. The van der Waals surface area contributed by atoms with Crippen LogP contribution in [-0.2, 0) is 65.4 Å². The van der Waals surface area contributed by atoms with E-state index in [1.54, 1.807) is 0 Å². The lowest BCUT2D eigenvalue weighted by molar-refractivity contribution is -0.161. The van der Waals surface area contributed by atoms with E-state index < -0.39 is 97.5 Å². The summed E-state index contributed by atoms with van der Waals surface area (Å²) in [5.41, 5.74) is 0. The Hall–Kier alpha value is -1.94. The molecule has 0 fully saturated rings. The minimum Gasteiger partial charge on any atom is -0.462 e. The highest BCUT2D eigenvalue weighted by molar-refractivity contribution is 7.47. The highest BCUT2D eigenvalue weighted by Gasteiger charge is 2.30. The Morgan fingerprint density at radius 2 is 0.490 bits per heavy atom. The summed E-state index contributed by atoms with van der Waals surface area (Å²) in [5.74, 6) is 0.987. The van der Waals surface area contributed by atoms with Gasteiger partial charge in [-0.15, -0.1) is 0 Å². The first-order chi connectivity index (χ1) is 47.1. The van der Waals surface area contributed by atoms with E-state index in [9.17, 15) is 43.2 Å². The van der Waals surface area contributed by atoms with E-state index in [1.165, 1.54) is 199 Å². The lowest BCUT2D eigenvalue weighted by atomic mass is 9.99. The highest BCUT2D eigenvalue weighted by atomic mass is 31.2. The van der Waals surface area contributed by atoms with Crippen LogP contribution in [0.25, 0.3) is 0 Å². The first kappa shape index (κ1) is 96.1. The second-order valence-electron chi connectivity index (χ2n) is 30.1. The summed E-state index contributed by atoms with van der Waals surface area (Å²) in [6.07, 6.45) is 54.1. The molecule has 0 aliphatic heterocycles. The Kier molecular flexibility index (Phi) is 66.8. The van der Waals surface area contributed by atoms with Crippen molar-refractivity contribution in [3.63, 3.8) is 0 Å². The summed E-state index contributed by atoms with van der Waals surface area (Å²) in [5, 5.41) is 10.6. The number of aliphatic hydroxyl groups excluding tert-OH is 1. The zero-order chi connectivity index (χ0) is 72.4. The van der Waals surface area contributed by atoms with Gasteiger partial charge in [0.2, 0.25) is 0 Å². The Morgan fingerprint density at radius 1 is 0.286 bits per heavy atom. The minimum atomic E-state index is -4.96. The number of carbonyl (C=O) groups is 4. The summed E-state index contributed by atoms with van der Waals surface area (Å²) in [6.45, 7) is 14.2. The van der Waals surface area contributed by atoms with E-state index in [2.05, 4.69) is 55.4 Å². The molecule has 0 heterocycles. The summed E-state index contributed by atoms with van der Waals surface area (Å²) in [4.78, 5) is 72.9. The standard InChI is InChI=1S/C79H154O17P2/c1-9-72(8)58-50-42-34-26-19-15-11-13-17-21-29-37-46-54-62-79(84)96-75(66-90-77(82)60-52-44-38-30-33-41-49-57-71(6)7)68-94-98(87,88)92-64-73(80)63-91-97(85,86)93-67-74(65-89-76(81)59-51-43-35-27-23-22-25-32-40-48-56-70(4)5)95-78(83)61-53-45-36-28-20-16-12-10-14-18-24-31-39-47-55-69(2)3/h69-75,80H,9-68H2,1-8H3,(H,85,86)(H,87,88)/t72?,73?,74-,75-/m1/s1. The molecule has 0 radical (unpaired) electrons. The van der Waals surface area contributed by atoms with Crippen molar-refractivity contribution in [3.8, 4) is 0 Å². The normalized spacial score (nSPS) is 14.3. The van der Waals surface area contributed by atoms with Gasteiger partial charge in [-0.3, -0.25) is 37.3 Å². The SMILES string of the molecule is CCC(C)CCCCCCCCCCCCCCCCC(=O)O[C@H](COC(=O)CCCCCCCCCC(C)C)COP(=O)(O)OCC(O)COP(=O)(O)OC[C@@H](COC(=O)CCCCCCCCCCCCC(C)C)OC(=O)CCCCCCCCCCCCCCCCC(C)C. The van der Waals surface area contributed by atoms with Gasteiger partial charge in [0.15, 0.2) is 12.2 Å². The van der Waals surface area contributed by atoms with Gasteiger partial charge in [0.1, 0.15) is 19.3 Å². The average molecular weight is 1440 g/mol. The van der Waals surface area contributed by atoms with E-state index in [0.717, 1.165) is 114 Å². The molecular weight excluding hydrogens is 1280 g/mol. The first-order valence-corrected chi connectivity index (χ1v) is 43.7. The fraction of sp³-hybridized carbons (Fsp3) is 0.949. The number of unbranched alkanes of at least 4 members (excludes halogenated alkanes) is 41. The number of hydrogen-bond acceptors (Lipinski definition) is 15. The van der Waals surface area contributed by atoms with Crippen molar-refractivity contribution >= 4 is 39.5 Å². The van der Waals surface area contributed by atoms with E-state index in [1.807, 2.05) is 0 Å². The zero-order valence-electron chi connectivity index (χ0n) is 64.4. The summed E-state index contributed by atoms with van der Waals surface area (Å²) in [7, 11) is -9.92. The van der Waals surface area contributed by atoms with Crippen LogP contribution in [0.15, 0.2) is 0 Å². The van der Waals surface area contributed by atoms with E-state index in [4.69, 9.17) is 37.0 Å². The van der Waals surface area contributed by atoms with Crippen molar-refractivity contribution < 1.29 is 80.2 Å². The molecule has 582 valence electrons. The molecule has 0 spiro atoms. The van der Waals surface area contributed by atoms with E-state index in [-0.39, 0.29) is 25.7 Å². The van der Waals surface area contributed by atoms with Crippen LogP contribution in [0.2, 0.25) is 0 Å². The summed E-state index contributed by atoms with van der Waals surface area (Å²) < 4.78 is 68.6. The van der Waals surface area contributed by atoms with Crippen molar-refractivity contribution in [2.24, 2.45) is 23.7 Å². The van der Waals surface area contributed by atoms with Gasteiger partial charge in [-0.25, -0.2) is 9.13 Å². The molecule has 0 aliphatic carbocycles. The molecule has 0 aliphatic rings. The van der Waals surface area contributed by atoms with Crippen LogP contribution in [0.3, 0.4) is 0 Å². The lowest BCUT2D eigenvalue weighted by Gasteiger charge is -2.21. The van der Waals surface area contributed by atoms with Crippen molar-refractivity contribution in [3.05, 3.63) is 0 Å². The second-order valence-corrected chi connectivity index (χ2v) is 33.0. The van der Waals surface area contributed by atoms with Crippen molar-refractivity contribution in [1.29, 1.82) is 0 Å². The van der Waals surface area contributed by atoms with Crippen LogP contribution >= 0.6 is 15.6 Å². The van der Waals surface area contributed by atoms with Crippen LogP contribution in [0.5, 0.6) is 0 Å². The Morgan fingerprint density at radius 3 is 0.724 bits per heavy atom. The second kappa shape index (κ2) is 68.2. The quantitative estimate of drug-likeness (QED) is 0.0222. The Balaban J connectivity index is 5.24. The van der Waals surface area contributed by atoms with Gasteiger partial charge in [0, 0.05) is 25.7 Å². The largest absolute Gasteiger partial charge is 0.472 e. The molecule has 0 aromatic carbocycles. The van der Waals surface area contributed by atoms with Gasteiger partial charge in [0.25, 0.3) is 0 Å². The molecule has 98 heavy (non-hydrogen) atoms. The number of esters is 4. The summed E-state index contributed by atoms with van der Waals surface area (Å²) in [6, 6.07) is 0. The number of hydrogen-bond donors (Lipinski definition) is 3. The van der Waals surface area contributed by atoms with Crippen molar-refractivity contribution in [2.45, 2.75) is 420 Å². The van der Waals surface area contributed by atoms with Gasteiger partial charge in [-0.1, -0.05) is 351 Å². The smallest absolute Gasteiger partial charge is 0.462 e.